The molecule has 1 unspecified atom stereocenters. The monoisotopic (exact) mass is 265 g/mol. The van der Waals surface area contributed by atoms with Gasteiger partial charge in [0.25, 0.3) is 0 Å². The molecule has 106 valence electrons. The van der Waals surface area contributed by atoms with Gasteiger partial charge in [-0.2, -0.15) is 0 Å². The maximum absolute atomic E-state index is 5.65. The smallest absolute Gasteiger partial charge is 0.161 e. The fourth-order valence-corrected chi connectivity index (χ4v) is 2.33. The molecule has 4 nitrogen and oxygen atoms in total. The molecule has 19 heavy (non-hydrogen) atoms. The number of benzene rings is 1. The third-order valence-electron chi connectivity index (χ3n) is 3.53. The summed E-state index contributed by atoms with van der Waals surface area (Å²) >= 11 is 0. The fourth-order valence-electron chi connectivity index (χ4n) is 2.33. The standard InChI is InChI=1S/C15H23NO3/c1-5-16-14(15(2,3)17-4)11-6-7-12-13(10-11)19-9-8-18-12/h6-7,10,14,16H,5,8-9H2,1-4H3. The average molecular weight is 265 g/mol. The van der Waals surface area contributed by atoms with Crippen LogP contribution in [-0.4, -0.2) is 32.5 Å². The van der Waals surface area contributed by atoms with Crippen molar-refractivity contribution in [2.75, 3.05) is 26.9 Å². The molecule has 0 fully saturated rings. The summed E-state index contributed by atoms with van der Waals surface area (Å²) in [5.41, 5.74) is 0.859. The molecule has 0 aromatic heterocycles. The quantitative estimate of drug-likeness (QED) is 0.888. The third kappa shape index (κ3) is 3.01. The Bertz CT molecular complexity index is 431. The third-order valence-corrected chi connectivity index (χ3v) is 3.53. The Labute approximate surface area is 115 Å². The van der Waals surface area contributed by atoms with Crippen LogP contribution < -0.4 is 14.8 Å². The maximum atomic E-state index is 5.65. The van der Waals surface area contributed by atoms with Crippen molar-refractivity contribution in [2.45, 2.75) is 32.4 Å². The van der Waals surface area contributed by atoms with Crippen molar-refractivity contribution >= 4 is 0 Å². The molecular formula is C15H23NO3. The van der Waals surface area contributed by atoms with Gasteiger partial charge in [0, 0.05) is 7.11 Å². The van der Waals surface area contributed by atoms with E-state index >= 15 is 0 Å². The first-order chi connectivity index (χ1) is 9.08. The van der Waals surface area contributed by atoms with E-state index in [2.05, 4.69) is 32.2 Å². The van der Waals surface area contributed by atoms with E-state index in [0.717, 1.165) is 23.6 Å². The molecule has 0 saturated carbocycles. The normalized spacial score (nSPS) is 16.2. The highest BCUT2D eigenvalue weighted by Crippen LogP contribution is 2.36. The van der Waals surface area contributed by atoms with Crippen LogP contribution in [0.25, 0.3) is 0 Å². The minimum absolute atomic E-state index is 0.110. The van der Waals surface area contributed by atoms with Gasteiger partial charge in [0.2, 0.25) is 0 Å². The van der Waals surface area contributed by atoms with Crippen LogP contribution in [0.2, 0.25) is 0 Å². The molecule has 1 aliphatic heterocycles. The zero-order valence-electron chi connectivity index (χ0n) is 12.2. The van der Waals surface area contributed by atoms with E-state index in [1.54, 1.807) is 7.11 Å². The van der Waals surface area contributed by atoms with Crippen LogP contribution in [0.3, 0.4) is 0 Å². The van der Waals surface area contributed by atoms with Crippen molar-refractivity contribution < 1.29 is 14.2 Å². The van der Waals surface area contributed by atoms with Crippen LogP contribution in [0.15, 0.2) is 18.2 Å². The van der Waals surface area contributed by atoms with E-state index in [1.807, 2.05) is 12.1 Å². The maximum Gasteiger partial charge on any atom is 0.161 e. The molecule has 1 N–H and O–H groups in total. The van der Waals surface area contributed by atoms with Crippen molar-refractivity contribution in [3.8, 4) is 11.5 Å². The molecule has 0 saturated heterocycles. The zero-order chi connectivity index (χ0) is 13.9. The van der Waals surface area contributed by atoms with E-state index in [0.29, 0.717) is 13.2 Å². The van der Waals surface area contributed by atoms with Gasteiger partial charge in [0.15, 0.2) is 11.5 Å². The van der Waals surface area contributed by atoms with Crippen LogP contribution in [0.5, 0.6) is 11.5 Å². The summed E-state index contributed by atoms with van der Waals surface area (Å²) in [4.78, 5) is 0. The van der Waals surface area contributed by atoms with Gasteiger partial charge in [0.1, 0.15) is 13.2 Å². The predicted octanol–water partition coefficient (Wildman–Crippen LogP) is 2.53. The van der Waals surface area contributed by atoms with Crippen molar-refractivity contribution in [1.82, 2.24) is 5.32 Å². The topological polar surface area (TPSA) is 39.7 Å². The highest BCUT2D eigenvalue weighted by atomic mass is 16.6. The van der Waals surface area contributed by atoms with E-state index in [-0.39, 0.29) is 11.6 Å². The van der Waals surface area contributed by atoms with Crippen LogP contribution in [0.1, 0.15) is 32.4 Å². The van der Waals surface area contributed by atoms with Crippen LogP contribution >= 0.6 is 0 Å². The number of fused-ring (bicyclic) bond motifs is 1. The van der Waals surface area contributed by atoms with Crippen LogP contribution in [0, 0.1) is 0 Å². The molecule has 0 spiro atoms. The highest BCUT2D eigenvalue weighted by molar-refractivity contribution is 5.45. The van der Waals surface area contributed by atoms with Gasteiger partial charge in [-0.25, -0.2) is 0 Å². The average Bonchev–Trinajstić information content (AvgIpc) is 2.44. The lowest BCUT2D eigenvalue weighted by atomic mass is 9.91. The second-order valence-electron chi connectivity index (χ2n) is 5.20. The van der Waals surface area contributed by atoms with E-state index < -0.39 is 0 Å². The lowest BCUT2D eigenvalue weighted by Crippen LogP contribution is -2.40. The number of nitrogens with one attached hydrogen (secondary N) is 1. The van der Waals surface area contributed by atoms with Gasteiger partial charge in [0.05, 0.1) is 11.6 Å². The Balaban J connectivity index is 2.31. The molecular weight excluding hydrogens is 242 g/mol. The molecule has 1 aromatic carbocycles. The summed E-state index contributed by atoms with van der Waals surface area (Å²) in [5.74, 6) is 1.64. The Morgan fingerprint density at radius 2 is 1.95 bits per heavy atom. The van der Waals surface area contributed by atoms with Gasteiger partial charge in [-0.15, -0.1) is 0 Å². The number of methoxy groups -OCH3 is 1. The Morgan fingerprint density at radius 3 is 2.58 bits per heavy atom. The van der Waals surface area contributed by atoms with Gasteiger partial charge in [-0.1, -0.05) is 13.0 Å². The Kier molecular flexibility index (Phi) is 4.32. The van der Waals surface area contributed by atoms with Crippen molar-refractivity contribution in [1.29, 1.82) is 0 Å². The molecule has 0 aliphatic carbocycles. The molecule has 4 heteroatoms. The summed E-state index contributed by atoms with van der Waals surface area (Å²) < 4.78 is 16.8. The number of ether oxygens (including phenoxy) is 3. The number of rotatable bonds is 5. The molecule has 1 aromatic rings. The molecule has 1 aliphatic rings. The molecule has 0 radical (unpaired) electrons. The van der Waals surface area contributed by atoms with Crippen LogP contribution in [0.4, 0.5) is 0 Å². The Hall–Kier alpha value is -1.26. The summed E-state index contributed by atoms with van der Waals surface area (Å²) in [6, 6.07) is 6.20. The summed E-state index contributed by atoms with van der Waals surface area (Å²) in [6.45, 7) is 8.36. The fraction of sp³-hybridized carbons (Fsp3) is 0.600. The largest absolute Gasteiger partial charge is 0.486 e. The molecule has 1 heterocycles. The first-order valence-corrected chi connectivity index (χ1v) is 6.76. The molecule has 0 bridgehead atoms. The van der Waals surface area contributed by atoms with E-state index in [1.165, 1.54) is 0 Å². The van der Waals surface area contributed by atoms with Crippen molar-refractivity contribution in [2.24, 2.45) is 0 Å². The summed E-state index contributed by atoms with van der Waals surface area (Å²) in [6.07, 6.45) is 0. The first-order valence-electron chi connectivity index (χ1n) is 6.76. The lowest BCUT2D eigenvalue weighted by molar-refractivity contribution is -0.0108. The number of hydrogen-bond acceptors (Lipinski definition) is 4. The lowest BCUT2D eigenvalue weighted by Gasteiger charge is -2.34. The van der Waals surface area contributed by atoms with Crippen molar-refractivity contribution in [3.63, 3.8) is 0 Å². The van der Waals surface area contributed by atoms with Gasteiger partial charge in [-0.05, 0) is 38.1 Å². The molecule has 2 rings (SSSR count). The molecule has 0 amide bonds. The first kappa shape index (κ1) is 14.2. The minimum atomic E-state index is -0.292. The van der Waals surface area contributed by atoms with Crippen LogP contribution in [-0.2, 0) is 4.74 Å². The summed E-state index contributed by atoms with van der Waals surface area (Å²) in [5, 5.41) is 3.48. The van der Waals surface area contributed by atoms with Crippen molar-refractivity contribution in [3.05, 3.63) is 23.8 Å². The van der Waals surface area contributed by atoms with Gasteiger partial charge in [-0.3, -0.25) is 0 Å². The van der Waals surface area contributed by atoms with Gasteiger partial charge >= 0.3 is 0 Å². The zero-order valence-corrected chi connectivity index (χ0v) is 12.2. The summed E-state index contributed by atoms with van der Waals surface area (Å²) in [7, 11) is 1.74. The molecule has 1 atom stereocenters. The van der Waals surface area contributed by atoms with E-state index in [4.69, 9.17) is 14.2 Å². The second-order valence-corrected chi connectivity index (χ2v) is 5.20. The SMILES string of the molecule is CCNC(c1ccc2c(c1)OCCO2)C(C)(C)OC. The highest BCUT2D eigenvalue weighted by Gasteiger charge is 2.31. The predicted molar refractivity (Wildman–Crippen MR) is 74.9 cm³/mol. The Morgan fingerprint density at radius 1 is 1.26 bits per heavy atom. The number of hydrogen-bond donors (Lipinski definition) is 1. The minimum Gasteiger partial charge on any atom is -0.486 e. The second kappa shape index (κ2) is 5.80. The van der Waals surface area contributed by atoms with E-state index in [9.17, 15) is 0 Å². The van der Waals surface area contributed by atoms with Gasteiger partial charge < -0.3 is 19.5 Å². The number of likely N-dealkylation sites (N-methyl/N-ethyl adjacent to an activating group) is 1.